The van der Waals surface area contributed by atoms with Gasteiger partial charge in [-0.15, -0.1) is 0 Å². The number of benzene rings is 1. The van der Waals surface area contributed by atoms with Crippen LogP contribution in [0.1, 0.15) is 12.8 Å². The quantitative estimate of drug-likeness (QED) is 0.612. The molecule has 0 bridgehead atoms. The van der Waals surface area contributed by atoms with Crippen LogP contribution in [0.2, 0.25) is 0 Å². The first-order valence-electron chi connectivity index (χ1n) is 8.92. The van der Waals surface area contributed by atoms with Crippen LogP contribution in [-0.2, 0) is 0 Å². The Morgan fingerprint density at radius 3 is 2.46 bits per heavy atom. The minimum absolute atomic E-state index is 0.174. The van der Waals surface area contributed by atoms with Crippen LogP contribution in [0.3, 0.4) is 0 Å². The number of halogens is 1. The maximum absolute atomic E-state index is 13.0. The number of nitrogens with one attached hydrogen (secondary N) is 2. The van der Waals surface area contributed by atoms with Crippen LogP contribution >= 0.6 is 0 Å². The lowest BCUT2D eigenvalue weighted by molar-refractivity contribution is 0.261. The van der Waals surface area contributed by atoms with Gasteiger partial charge in [0.1, 0.15) is 5.82 Å². The molecule has 0 spiro atoms. The summed E-state index contributed by atoms with van der Waals surface area (Å²) in [6.45, 7) is 7.00. The molecule has 1 aromatic rings. The topological polar surface area (TPSA) is 42.9 Å². The van der Waals surface area contributed by atoms with Crippen molar-refractivity contribution in [3.05, 3.63) is 30.1 Å². The molecule has 1 aromatic carbocycles. The van der Waals surface area contributed by atoms with Crippen molar-refractivity contribution in [1.82, 2.24) is 15.5 Å². The molecule has 1 aliphatic carbocycles. The second-order valence-corrected chi connectivity index (χ2v) is 6.63. The highest BCUT2D eigenvalue weighted by molar-refractivity contribution is 5.79. The van der Waals surface area contributed by atoms with Crippen LogP contribution in [0.25, 0.3) is 0 Å². The van der Waals surface area contributed by atoms with Gasteiger partial charge in [-0.05, 0) is 43.0 Å². The number of anilines is 1. The maximum atomic E-state index is 13.0. The lowest BCUT2D eigenvalue weighted by Crippen LogP contribution is -2.49. The average Bonchev–Trinajstić information content (AvgIpc) is 3.44. The molecule has 3 rings (SSSR count). The number of hydrogen-bond acceptors (Lipinski definition) is 3. The molecule has 1 saturated heterocycles. The van der Waals surface area contributed by atoms with Crippen molar-refractivity contribution in [2.45, 2.75) is 12.8 Å². The van der Waals surface area contributed by atoms with Gasteiger partial charge in [0, 0.05) is 58.5 Å². The number of rotatable bonds is 6. The van der Waals surface area contributed by atoms with Crippen LogP contribution in [0.5, 0.6) is 0 Å². The van der Waals surface area contributed by atoms with Gasteiger partial charge in [0.05, 0.1) is 0 Å². The van der Waals surface area contributed by atoms with Crippen molar-refractivity contribution in [3.8, 4) is 0 Å². The molecule has 0 unspecified atom stereocenters. The van der Waals surface area contributed by atoms with Crippen LogP contribution in [0.4, 0.5) is 10.1 Å². The highest BCUT2D eigenvalue weighted by Gasteiger charge is 2.21. The van der Waals surface area contributed by atoms with Gasteiger partial charge in [0.15, 0.2) is 5.96 Å². The minimum Gasteiger partial charge on any atom is -0.369 e. The summed E-state index contributed by atoms with van der Waals surface area (Å²) >= 11 is 0. The van der Waals surface area contributed by atoms with Crippen LogP contribution in [0, 0.1) is 11.7 Å². The van der Waals surface area contributed by atoms with E-state index in [9.17, 15) is 4.39 Å². The van der Waals surface area contributed by atoms with Crippen molar-refractivity contribution >= 4 is 11.6 Å². The highest BCUT2D eigenvalue weighted by atomic mass is 19.1. The Morgan fingerprint density at radius 1 is 1.12 bits per heavy atom. The number of piperazine rings is 1. The van der Waals surface area contributed by atoms with Crippen LogP contribution < -0.4 is 15.5 Å². The zero-order valence-corrected chi connectivity index (χ0v) is 14.5. The Labute approximate surface area is 143 Å². The lowest BCUT2D eigenvalue weighted by Gasteiger charge is -2.36. The Bertz CT molecular complexity index is 533. The van der Waals surface area contributed by atoms with Crippen LogP contribution in [-0.4, -0.2) is 63.7 Å². The Balaban J connectivity index is 1.33. The lowest BCUT2D eigenvalue weighted by atomic mass is 10.2. The number of hydrogen-bond donors (Lipinski definition) is 2. The Hall–Kier alpha value is -1.82. The summed E-state index contributed by atoms with van der Waals surface area (Å²) in [4.78, 5) is 9.04. The van der Waals surface area contributed by atoms with Crippen molar-refractivity contribution in [2.24, 2.45) is 10.9 Å². The van der Waals surface area contributed by atoms with Crippen molar-refractivity contribution in [1.29, 1.82) is 0 Å². The third kappa shape index (κ3) is 5.09. The molecule has 1 heterocycles. The van der Waals surface area contributed by atoms with E-state index in [-0.39, 0.29) is 5.82 Å². The fourth-order valence-corrected chi connectivity index (χ4v) is 3.00. The van der Waals surface area contributed by atoms with Gasteiger partial charge < -0.3 is 15.5 Å². The van der Waals surface area contributed by atoms with Gasteiger partial charge in [-0.1, -0.05) is 0 Å². The molecule has 1 aliphatic heterocycles. The summed E-state index contributed by atoms with van der Waals surface area (Å²) in [6, 6.07) is 6.79. The van der Waals surface area contributed by atoms with E-state index in [2.05, 4.69) is 25.4 Å². The molecule has 5 nitrogen and oxygen atoms in total. The monoisotopic (exact) mass is 333 g/mol. The molecule has 6 heteroatoms. The van der Waals surface area contributed by atoms with Crippen molar-refractivity contribution in [3.63, 3.8) is 0 Å². The Kier molecular flexibility index (Phi) is 5.91. The van der Waals surface area contributed by atoms with Gasteiger partial charge in [-0.3, -0.25) is 9.89 Å². The zero-order valence-electron chi connectivity index (χ0n) is 14.5. The molecular formula is C18H28FN5. The van der Waals surface area contributed by atoms with Crippen LogP contribution in [0.15, 0.2) is 29.3 Å². The SMILES string of the molecule is CN=C(NCCN1CCN(c2ccc(F)cc2)CC1)NCC1CC1. The number of nitrogens with zero attached hydrogens (tertiary/aromatic N) is 3. The smallest absolute Gasteiger partial charge is 0.191 e. The van der Waals surface area contributed by atoms with Gasteiger partial charge in [-0.2, -0.15) is 0 Å². The molecule has 1 saturated carbocycles. The van der Waals surface area contributed by atoms with Gasteiger partial charge in [-0.25, -0.2) is 4.39 Å². The average molecular weight is 333 g/mol. The molecule has 0 atom stereocenters. The highest BCUT2D eigenvalue weighted by Crippen LogP contribution is 2.27. The van der Waals surface area contributed by atoms with Gasteiger partial charge >= 0.3 is 0 Å². The normalized spacial score (nSPS) is 19.4. The fraction of sp³-hybridized carbons (Fsp3) is 0.611. The summed E-state index contributed by atoms with van der Waals surface area (Å²) in [5, 5.41) is 6.77. The zero-order chi connectivity index (χ0) is 16.8. The molecule has 0 aromatic heterocycles. The summed E-state index contributed by atoms with van der Waals surface area (Å²) in [5.74, 6) is 1.59. The van der Waals surface area contributed by atoms with Crippen molar-refractivity contribution < 1.29 is 4.39 Å². The molecule has 0 amide bonds. The summed E-state index contributed by atoms with van der Waals surface area (Å²) in [5.41, 5.74) is 1.11. The number of aliphatic imine (C=N–C) groups is 1. The van der Waals surface area contributed by atoms with E-state index in [1.807, 2.05) is 19.2 Å². The van der Waals surface area contributed by atoms with E-state index in [1.54, 1.807) is 0 Å². The molecule has 0 radical (unpaired) electrons. The van der Waals surface area contributed by atoms with E-state index in [1.165, 1.54) is 25.0 Å². The van der Waals surface area contributed by atoms with Gasteiger partial charge in [0.2, 0.25) is 0 Å². The van der Waals surface area contributed by atoms with Gasteiger partial charge in [0.25, 0.3) is 0 Å². The first-order valence-corrected chi connectivity index (χ1v) is 8.92. The van der Waals surface area contributed by atoms with E-state index in [0.29, 0.717) is 0 Å². The minimum atomic E-state index is -0.174. The predicted molar refractivity (Wildman–Crippen MR) is 97.1 cm³/mol. The summed E-state index contributed by atoms with van der Waals surface area (Å²) in [6.07, 6.45) is 2.70. The second kappa shape index (κ2) is 8.33. The first kappa shape index (κ1) is 17.0. The number of guanidine groups is 1. The maximum Gasteiger partial charge on any atom is 0.191 e. The molecule has 2 N–H and O–H groups in total. The summed E-state index contributed by atoms with van der Waals surface area (Å²) in [7, 11) is 1.82. The Morgan fingerprint density at radius 2 is 1.83 bits per heavy atom. The third-order valence-electron chi connectivity index (χ3n) is 4.76. The molecule has 24 heavy (non-hydrogen) atoms. The molecular weight excluding hydrogens is 305 g/mol. The fourth-order valence-electron chi connectivity index (χ4n) is 3.00. The standard InChI is InChI=1S/C18H28FN5/c1-20-18(22-14-15-2-3-15)21-8-9-23-10-12-24(13-11-23)17-6-4-16(19)5-7-17/h4-7,15H,2-3,8-14H2,1H3,(H2,20,21,22). The van der Waals surface area contributed by atoms with Crippen molar-refractivity contribution in [2.75, 3.05) is 57.8 Å². The molecule has 2 fully saturated rings. The summed E-state index contributed by atoms with van der Waals surface area (Å²) < 4.78 is 13.0. The largest absolute Gasteiger partial charge is 0.369 e. The van der Waals surface area contributed by atoms with E-state index in [4.69, 9.17) is 0 Å². The van der Waals surface area contributed by atoms with E-state index >= 15 is 0 Å². The predicted octanol–water partition coefficient (Wildman–Crippen LogP) is 1.52. The third-order valence-corrected chi connectivity index (χ3v) is 4.76. The molecule has 2 aliphatic rings. The first-order chi connectivity index (χ1) is 11.7. The second-order valence-electron chi connectivity index (χ2n) is 6.63. The van der Waals surface area contributed by atoms with E-state index in [0.717, 1.165) is 63.4 Å². The van der Waals surface area contributed by atoms with E-state index < -0.39 is 0 Å². The molecule has 132 valence electrons.